The van der Waals surface area contributed by atoms with Crippen molar-refractivity contribution in [2.24, 2.45) is 5.92 Å². The third kappa shape index (κ3) is 6.31. The molecule has 3 N–H and O–H groups in total. The Labute approximate surface area is 201 Å². The van der Waals surface area contributed by atoms with E-state index in [-0.39, 0.29) is 18.6 Å². The van der Waals surface area contributed by atoms with Crippen LogP contribution < -0.4 is 5.32 Å². The highest BCUT2D eigenvalue weighted by atomic mass is 32.1. The SMILES string of the molecule is OC[C@H]1C[C@@H](O)[C@H](NC(=S)N2CCCC2)[C@@H](OCc2ccccc2)[C@@H]1OCc1ccccc1. The monoisotopic (exact) mass is 470 g/mol. The molecule has 0 bridgehead atoms. The smallest absolute Gasteiger partial charge is 0.169 e. The fourth-order valence-electron chi connectivity index (χ4n) is 4.76. The van der Waals surface area contributed by atoms with Gasteiger partial charge in [0.05, 0.1) is 31.5 Å². The van der Waals surface area contributed by atoms with E-state index in [1.807, 2.05) is 60.7 Å². The first-order chi connectivity index (χ1) is 16.2. The van der Waals surface area contributed by atoms with Crippen LogP contribution in [0, 0.1) is 5.92 Å². The minimum atomic E-state index is -0.708. The second-order valence-electron chi connectivity index (χ2n) is 8.94. The molecule has 0 unspecified atom stereocenters. The second-order valence-corrected chi connectivity index (χ2v) is 9.32. The summed E-state index contributed by atoms with van der Waals surface area (Å²) in [4.78, 5) is 2.15. The zero-order valence-corrected chi connectivity index (χ0v) is 19.7. The van der Waals surface area contributed by atoms with Gasteiger partial charge in [-0.3, -0.25) is 0 Å². The summed E-state index contributed by atoms with van der Waals surface area (Å²) in [6.07, 6.45) is 1.09. The van der Waals surface area contributed by atoms with Gasteiger partial charge in [0.25, 0.3) is 0 Å². The summed E-state index contributed by atoms with van der Waals surface area (Å²) in [5.41, 5.74) is 2.10. The van der Waals surface area contributed by atoms with E-state index in [4.69, 9.17) is 21.7 Å². The predicted octanol–water partition coefficient (Wildman–Crippen LogP) is 2.87. The average Bonchev–Trinajstić information content (AvgIpc) is 3.40. The Hall–Kier alpha value is -2.03. The van der Waals surface area contributed by atoms with E-state index in [0.717, 1.165) is 37.1 Å². The van der Waals surface area contributed by atoms with Crippen molar-refractivity contribution in [3.63, 3.8) is 0 Å². The fraction of sp³-hybridized carbons (Fsp3) is 0.500. The zero-order chi connectivity index (χ0) is 23.0. The maximum atomic E-state index is 11.0. The number of hydrogen-bond acceptors (Lipinski definition) is 5. The molecular formula is C26H34N2O4S. The van der Waals surface area contributed by atoms with E-state index in [9.17, 15) is 10.2 Å². The Bertz CT molecular complexity index is 863. The molecule has 1 aliphatic heterocycles. The average molecular weight is 471 g/mol. The molecule has 7 heteroatoms. The number of nitrogens with zero attached hydrogens (tertiary/aromatic N) is 1. The number of thiocarbonyl (C=S) groups is 1. The molecule has 2 fully saturated rings. The lowest BCUT2D eigenvalue weighted by atomic mass is 9.79. The van der Waals surface area contributed by atoms with E-state index < -0.39 is 18.2 Å². The second kappa shape index (κ2) is 11.9. The number of hydrogen-bond donors (Lipinski definition) is 3. The van der Waals surface area contributed by atoms with Crippen molar-refractivity contribution in [1.82, 2.24) is 10.2 Å². The normalized spacial score (nSPS) is 27.5. The lowest BCUT2D eigenvalue weighted by Gasteiger charge is -2.45. The Morgan fingerprint density at radius 1 is 0.909 bits per heavy atom. The highest BCUT2D eigenvalue weighted by Crippen LogP contribution is 2.32. The van der Waals surface area contributed by atoms with E-state index in [1.165, 1.54) is 0 Å². The van der Waals surface area contributed by atoms with Crippen LogP contribution in [-0.2, 0) is 22.7 Å². The van der Waals surface area contributed by atoms with Crippen LogP contribution in [0.25, 0.3) is 0 Å². The summed E-state index contributed by atoms with van der Waals surface area (Å²) in [5, 5.41) is 25.2. The van der Waals surface area contributed by atoms with Crippen LogP contribution in [0.3, 0.4) is 0 Å². The number of aliphatic hydroxyl groups is 2. The van der Waals surface area contributed by atoms with Crippen molar-refractivity contribution in [3.8, 4) is 0 Å². The zero-order valence-electron chi connectivity index (χ0n) is 18.9. The van der Waals surface area contributed by atoms with Gasteiger partial charge in [0.1, 0.15) is 6.10 Å². The maximum Gasteiger partial charge on any atom is 0.169 e. The molecule has 1 saturated carbocycles. The Morgan fingerprint density at radius 2 is 1.45 bits per heavy atom. The number of likely N-dealkylation sites (tertiary alicyclic amines) is 1. The maximum absolute atomic E-state index is 11.0. The largest absolute Gasteiger partial charge is 0.396 e. The summed E-state index contributed by atoms with van der Waals surface area (Å²) >= 11 is 5.67. The minimum absolute atomic E-state index is 0.0784. The molecule has 2 aromatic carbocycles. The van der Waals surface area contributed by atoms with Crippen molar-refractivity contribution in [2.75, 3.05) is 19.7 Å². The molecule has 178 valence electrons. The molecule has 33 heavy (non-hydrogen) atoms. The van der Waals surface area contributed by atoms with Crippen LogP contribution in [0.4, 0.5) is 0 Å². The third-order valence-corrected chi connectivity index (χ3v) is 6.97. The molecular weight excluding hydrogens is 436 g/mol. The van der Waals surface area contributed by atoms with Crippen molar-refractivity contribution in [1.29, 1.82) is 0 Å². The summed E-state index contributed by atoms with van der Waals surface area (Å²) in [7, 11) is 0. The van der Waals surface area contributed by atoms with Gasteiger partial charge in [-0.05, 0) is 42.6 Å². The highest BCUT2D eigenvalue weighted by molar-refractivity contribution is 7.80. The summed E-state index contributed by atoms with van der Waals surface area (Å²) in [6, 6.07) is 19.5. The lowest BCUT2D eigenvalue weighted by molar-refractivity contribution is -0.168. The first kappa shape index (κ1) is 24.1. The van der Waals surface area contributed by atoms with Crippen LogP contribution in [0.15, 0.2) is 60.7 Å². The topological polar surface area (TPSA) is 74.2 Å². The van der Waals surface area contributed by atoms with Gasteiger partial charge in [0, 0.05) is 25.6 Å². The van der Waals surface area contributed by atoms with Crippen LogP contribution >= 0.6 is 12.2 Å². The Balaban J connectivity index is 1.54. The molecule has 2 aliphatic rings. The van der Waals surface area contributed by atoms with Crippen LogP contribution in [-0.4, -0.2) is 64.3 Å². The van der Waals surface area contributed by atoms with Gasteiger partial charge in [-0.1, -0.05) is 60.7 Å². The van der Waals surface area contributed by atoms with Crippen molar-refractivity contribution >= 4 is 17.3 Å². The number of rotatable bonds is 8. The van der Waals surface area contributed by atoms with E-state index in [0.29, 0.717) is 24.7 Å². The molecule has 1 heterocycles. The molecule has 0 aromatic heterocycles. The molecule has 0 spiro atoms. The molecule has 1 saturated heterocycles. The van der Waals surface area contributed by atoms with Crippen LogP contribution in [0.5, 0.6) is 0 Å². The van der Waals surface area contributed by atoms with Gasteiger partial charge in [-0.2, -0.15) is 0 Å². The van der Waals surface area contributed by atoms with Crippen molar-refractivity contribution in [2.45, 2.75) is 56.8 Å². The van der Waals surface area contributed by atoms with Gasteiger partial charge in [-0.15, -0.1) is 0 Å². The molecule has 1 aliphatic carbocycles. The Morgan fingerprint density at radius 3 is 2.00 bits per heavy atom. The number of aliphatic hydroxyl groups excluding tert-OH is 2. The predicted molar refractivity (Wildman–Crippen MR) is 132 cm³/mol. The molecule has 2 aromatic rings. The standard InChI is InChI=1S/C26H34N2O4S/c29-16-21-15-22(30)23(27-26(33)28-13-7-8-14-28)25(32-18-20-11-5-2-6-12-20)24(21)31-17-19-9-3-1-4-10-19/h1-6,9-12,21-25,29-30H,7-8,13-18H2,(H,27,33)/t21-,22-,23+,24-,25-/m1/s1. The van der Waals surface area contributed by atoms with E-state index in [1.54, 1.807) is 0 Å². The summed E-state index contributed by atoms with van der Waals surface area (Å²) in [6.45, 7) is 2.57. The quantitative estimate of drug-likeness (QED) is 0.513. The van der Waals surface area contributed by atoms with E-state index >= 15 is 0 Å². The van der Waals surface area contributed by atoms with Gasteiger partial charge in [-0.25, -0.2) is 0 Å². The summed E-state index contributed by atoms with van der Waals surface area (Å²) < 4.78 is 12.8. The first-order valence-electron chi connectivity index (χ1n) is 11.8. The number of benzene rings is 2. The molecule has 5 atom stereocenters. The molecule has 0 radical (unpaired) electrons. The molecule has 0 amide bonds. The van der Waals surface area contributed by atoms with Gasteiger partial charge < -0.3 is 29.9 Å². The number of ether oxygens (including phenoxy) is 2. The van der Waals surface area contributed by atoms with Gasteiger partial charge in [0.2, 0.25) is 0 Å². The first-order valence-corrected chi connectivity index (χ1v) is 12.2. The van der Waals surface area contributed by atoms with Crippen LogP contribution in [0.1, 0.15) is 30.4 Å². The van der Waals surface area contributed by atoms with E-state index in [2.05, 4.69) is 10.2 Å². The lowest BCUT2D eigenvalue weighted by Crippen LogP contribution is -2.63. The van der Waals surface area contributed by atoms with Crippen LogP contribution in [0.2, 0.25) is 0 Å². The minimum Gasteiger partial charge on any atom is -0.396 e. The number of nitrogens with one attached hydrogen (secondary N) is 1. The molecule has 6 nitrogen and oxygen atoms in total. The Kier molecular flexibility index (Phi) is 8.69. The van der Waals surface area contributed by atoms with Crippen molar-refractivity contribution in [3.05, 3.63) is 71.8 Å². The fourth-order valence-corrected chi connectivity index (χ4v) is 5.07. The van der Waals surface area contributed by atoms with Gasteiger partial charge >= 0.3 is 0 Å². The summed E-state index contributed by atoms with van der Waals surface area (Å²) in [5.74, 6) is -0.233. The highest BCUT2D eigenvalue weighted by Gasteiger charge is 2.46. The molecule has 4 rings (SSSR count). The third-order valence-electron chi connectivity index (χ3n) is 6.59. The van der Waals surface area contributed by atoms with Crippen molar-refractivity contribution < 1.29 is 19.7 Å². The van der Waals surface area contributed by atoms with Gasteiger partial charge in [0.15, 0.2) is 5.11 Å².